The molecule has 5 fully saturated rings. The van der Waals surface area contributed by atoms with Crippen LogP contribution in [0.4, 0.5) is 0 Å². The lowest BCUT2D eigenvalue weighted by molar-refractivity contribution is -0.288. The van der Waals surface area contributed by atoms with Crippen LogP contribution in [0.25, 0.3) is 0 Å². The number of rotatable bonds is 26. The Hall–Kier alpha value is -0.346. The summed E-state index contributed by atoms with van der Waals surface area (Å²) in [6.07, 6.45) is 7.14. The summed E-state index contributed by atoms with van der Waals surface area (Å²) in [5, 5.41) is 5.53. The van der Waals surface area contributed by atoms with Gasteiger partial charge in [0.15, 0.2) is 0 Å². The van der Waals surface area contributed by atoms with Crippen molar-refractivity contribution in [2.75, 3.05) is 24.6 Å². The third-order valence-electron chi connectivity index (χ3n) is 19.9. The van der Waals surface area contributed by atoms with Crippen LogP contribution < -0.4 is 10.6 Å². The summed E-state index contributed by atoms with van der Waals surface area (Å²) in [6.45, 7) is 41.1. The number of unbranched alkanes of at least 4 members (excludes halogenated alkanes) is 2. The van der Waals surface area contributed by atoms with Gasteiger partial charge in [-0.3, -0.25) is 18.7 Å². The van der Waals surface area contributed by atoms with Crippen LogP contribution in [0.15, 0.2) is 0 Å². The van der Waals surface area contributed by atoms with Gasteiger partial charge >= 0.3 is 17.6 Å². The highest BCUT2D eigenvalue weighted by atomic mass is 33.1. The van der Waals surface area contributed by atoms with Gasteiger partial charge in [-0.1, -0.05) is 118 Å². The molecule has 0 aromatic rings. The molecule has 0 spiro atoms. The van der Waals surface area contributed by atoms with E-state index in [1.165, 1.54) is 18.6 Å². The molecule has 4 bridgehead atoms. The molecule has 0 saturated carbocycles. The minimum Gasteiger partial charge on any atom is -0.367 e. The highest BCUT2D eigenvalue weighted by molar-refractivity contribution is 8.77. The van der Waals surface area contributed by atoms with Crippen molar-refractivity contribution in [3.05, 3.63) is 0 Å². The summed E-state index contributed by atoms with van der Waals surface area (Å²) < 4.78 is 105. The normalized spacial score (nSPS) is 38.0. The van der Waals surface area contributed by atoms with E-state index in [-0.39, 0.29) is 77.0 Å². The van der Waals surface area contributed by atoms with Crippen molar-refractivity contribution in [2.24, 2.45) is 47.3 Å². The molecule has 16 nitrogen and oxygen atoms in total. The van der Waals surface area contributed by atoms with Crippen LogP contribution in [0.3, 0.4) is 0 Å². The average molecular weight is 1190 g/mol. The maximum Gasteiger partial charge on any atom is 0.502 e. The van der Waals surface area contributed by atoms with Crippen LogP contribution in [0.2, 0.25) is 12.1 Å². The Morgan fingerprint density at radius 1 is 0.566 bits per heavy atom. The highest BCUT2D eigenvalue weighted by Gasteiger charge is 2.72. The quantitative estimate of drug-likeness (QED) is 0.0274. The Labute approximate surface area is 471 Å². The van der Waals surface area contributed by atoms with Crippen LogP contribution >= 0.6 is 21.6 Å². The monoisotopic (exact) mass is 1190 g/mol. The summed E-state index contributed by atoms with van der Waals surface area (Å²) in [5.74, 6) is 2.47. The number of nitrogens with one attached hydrogen (secondary N) is 2. The fraction of sp³-hybridized carbons (Fsp3) is 0.963. The smallest absolute Gasteiger partial charge is 0.367 e. The van der Waals surface area contributed by atoms with Crippen molar-refractivity contribution < 1.29 is 62.1 Å². The fourth-order valence-corrected chi connectivity index (χ4v) is 25.6. The number of amides is 2. The summed E-state index contributed by atoms with van der Waals surface area (Å²) in [5.41, 5.74) is -2.17. The van der Waals surface area contributed by atoms with Crippen LogP contribution in [0, 0.1) is 47.3 Å². The molecule has 22 heteroatoms. The lowest BCUT2D eigenvalue weighted by Gasteiger charge is -2.67. The van der Waals surface area contributed by atoms with Gasteiger partial charge in [0.05, 0.1) is 44.6 Å². The van der Waals surface area contributed by atoms with E-state index in [0.717, 1.165) is 30.6 Å². The second-order valence-electron chi connectivity index (χ2n) is 25.5. The predicted octanol–water partition coefficient (Wildman–Crippen LogP) is 11.5. The summed E-state index contributed by atoms with van der Waals surface area (Å²) in [4.78, 5) is 24.9. The van der Waals surface area contributed by atoms with E-state index in [4.69, 9.17) is 31.1 Å². The average Bonchev–Trinajstić information content (AvgIpc) is 3.83. The van der Waals surface area contributed by atoms with Crippen LogP contribution in [-0.4, -0.2) is 124 Å². The first-order valence-electron chi connectivity index (χ1n) is 28.8. The summed E-state index contributed by atoms with van der Waals surface area (Å²) in [7, 11) is -10.9. The number of carbonyl (C=O) groups excluding carboxylic acids is 2. The Morgan fingerprint density at radius 2 is 0.934 bits per heavy atom. The Kier molecular flexibility index (Phi) is 23.8. The van der Waals surface area contributed by atoms with Gasteiger partial charge in [0, 0.05) is 72.7 Å². The summed E-state index contributed by atoms with van der Waals surface area (Å²) >= 11 is 0. The molecule has 0 aliphatic carbocycles. The zero-order chi connectivity index (χ0) is 57.7. The van der Waals surface area contributed by atoms with Crippen molar-refractivity contribution in [3.8, 4) is 0 Å². The lowest BCUT2D eigenvalue weighted by atomic mass is 9.63. The SMILES string of the molecule is CC(C)[C@]1(C)O[Si]2(CCCNC(=O)CCCCC(CCS(=O)(=O)O)S(=O)(=O)O)OC(C)([C@@H](C)[C@@](C)(C(C)C)O2)[C@@H]1C.CC(C)[C@]1(C)O[Si]2(CCCNC(=O)CCCCC3CCSS3)OC(C)([C@@H](C)[C@@](C)(C(C)C)O2)[C@@H]1C. The second kappa shape index (κ2) is 26.5. The fourth-order valence-electron chi connectivity index (χ4n) is 12.5. The highest BCUT2D eigenvalue weighted by Crippen LogP contribution is 2.60. The Morgan fingerprint density at radius 3 is 1.25 bits per heavy atom. The van der Waals surface area contributed by atoms with Gasteiger partial charge in [0.2, 0.25) is 11.8 Å². The van der Waals surface area contributed by atoms with E-state index in [1.807, 2.05) is 21.6 Å². The van der Waals surface area contributed by atoms with Gasteiger partial charge in [0.25, 0.3) is 20.2 Å². The Bertz CT molecular complexity index is 2090. The molecule has 5 saturated heterocycles. The molecule has 0 aromatic carbocycles. The lowest BCUT2D eigenvalue weighted by Crippen LogP contribution is -2.78. The van der Waals surface area contributed by atoms with Gasteiger partial charge in [0.1, 0.15) is 0 Å². The van der Waals surface area contributed by atoms with E-state index >= 15 is 0 Å². The molecule has 2 amide bonds. The molecule has 0 aromatic heterocycles. The maximum absolute atomic E-state index is 12.5. The molecular formula is C54H104N2O14S4Si2. The van der Waals surface area contributed by atoms with Crippen LogP contribution in [0.1, 0.15) is 202 Å². The first-order chi connectivity index (χ1) is 34.8. The first-order valence-corrected chi connectivity index (χ1v) is 38.1. The van der Waals surface area contributed by atoms with Crippen molar-refractivity contribution >= 4 is 71.2 Å². The molecule has 14 atom stereocenters. The predicted molar refractivity (Wildman–Crippen MR) is 311 cm³/mol. The van der Waals surface area contributed by atoms with Crippen molar-refractivity contribution in [1.29, 1.82) is 0 Å². The number of carbonyl (C=O) groups is 2. The minimum absolute atomic E-state index is 0.0133. The topological polar surface area (TPSA) is 222 Å². The van der Waals surface area contributed by atoms with Gasteiger partial charge in [-0.15, -0.1) is 0 Å². The Balaban J connectivity index is 0.000000332. The number of hydrogen-bond acceptors (Lipinski definition) is 14. The molecule has 5 aliphatic rings. The van der Waals surface area contributed by atoms with Gasteiger partial charge in [-0.2, -0.15) is 16.8 Å². The van der Waals surface area contributed by atoms with E-state index in [0.29, 0.717) is 56.7 Å². The molecular weight excluding hydrogens is 1090 g/mol. The van der Waals surface area contributed by atoms with Crippen LogP contribution in [-0.2, 0) is 56.4 Å². The minimum atomic E-state index is -4.47. The largest absolute Gasteiger partial charge is 0.502 e. The third-order valence-corrected chi connectivity index (χ3v) is 31.4. The third kappa shape index (κ3) is 15.8. The summed E-state index contributed by atoms with van der Waals surface area (Å²) in [6, 6.07) is 1.31. The van der Waals surface area contributed by atoms with Gasteiger partial charge in [-0.25, -0.2) is 0 Å². The van der Waals surface area contributed by atoms with Crippen LogP contribution in [0.5, 0.6) is 0 Å². The number of hydrogen-bond donors (Lipinski definition) is 4. The van der Waals surface area contributed by atoms with Crippen molar-refractivity contribution in [1.82, 2.24) is 10.6 Å². The molecule has 5 heterocycles. The van der Waals surface area contributed by atoms with E-state index in [9.17, 15) is 31.0 Å². The number of fused-ring (bicyclic) bond motifs is 4. The molecule has 76 heavy (non-hydrogen) atoms. The van der Waals surface area contributed by atoms with E-state index in [1.54, 1.807) is 0 Å². The zero-order valence-electron chi connectivity index (χ0n) is 49.9. The standard InChI is InChI=1S/C27H53NO10S2Si.C27H51NO4S2Si/c1-19(2)25(7)21(5)27(9)22(6)26(8,20(3)4)37-41(36-25,38-27)18-12-16-28-24(29)14-11-10-13-23(40(33,34)35)15-17-39(30,31)32;1-19(2)25(7)21(5)27(9)22(6)26(8,20(3)4)31-35(30-25,32-27)18-12-16-28-24(29)14-11-10-13-23-15-17-33-34-23/h19-23H,10-18H2,1-9H3,(H,28,29)(H,30,31,32)(H,33,34,35);19-23H,10-18H2,1-9H3,(H,28,29)/t21-,22+,23?,25+,26-,27?,41?;21-,22+,23?,25+,26-,27?,35?. The van der Waals surface area contributed by atoms with E-state index in [2.05, 4.69) is 135 Å². The maximum atomic E-state index is 12.5. The van der Waals surface area contributed by atoms with E-state index < -0.39 is 72.1 Å². The van der Waals surface area contributed by atoms with Gasteiger partial charge in [-0.05, 0) is 117 Å². The molecule has 0 radical (unpaired) electrons. The van der Waals surface area contributed by atoms with Gasteiger partial charge < -0.3 is 37.2 Å². The molecule has 6 unspecified atom stereocenters. The molecule has 4 N–H and O–H groups in total. The van der Waals surface area contributed by atoms with Crippen molar-refractivity contribution in [3.63, 3.8) is 0 Å². The second-order valence-corrected chi connectivity index (χ2v) is 36.5. The molecule has 446 valence electrons. The molecule has 5 aliphatic heterocycles. The molecule has 5 rings (SSSR count). The van der Waals surface area contributed by atoms with Crippen molar-refractivity contribution in [2.45, 2.75) is 258 Å². The first kappa shape index (κ1) is 68.2. The zero-order valence-corrected chi connectivity index (χ0v) is 55.2.